The number of halogens is 22. The number of benzene rings is 6. The molecule has 11 aliphatic rings. The Morgan fingerprint density at radius 3 is 1.10 bits per heavy atom. The van der Waals surface area contributed by atoms with Crippen LogP contribution in [0, 0.1) is 0 Å². The number of aliphatic hydroxyl groups excluding tert-OH is 3. The number of nitrogens with one attached hydrogen (secondary N) is 1. The van der Waals surface area contributed by atoms with Gasteiger partial charge in [-0.15, -0.1) is 0 Å². The summed E-state index contributed by atoms with van der Waals surface area (Å²) in [4.78, 5) is 89.9. The van der Waals surface area contributed by atoms with Crippen molar-refractivity contribution in [1.82, 2.24) is 64.1 Å². The van der Waals surface area contributed by atoms with Crippen molar-refractivity contribution in [3.05, 3.63) is 219 Å². The van der Waals surface area contributed by atoms with E-state index in [1.54, 1.807) is 109 Å². The summed E-state index contributed by atoms with van der Waals surface area (Å²) in [6.45, 7) is 26.8. The molecule has 44 heteroatoms. The van der Waals surface area contributed by atoms with Crippen molar-refractivity contribution < 1.29 is 141 Å². The molecule has 6 amide bonds. The summed E-state index contributed by atoms with van der Waals surface area (Å²) in [5, 5.41) is 35.7. The maximum atomic E-state index is 14.0. The highest BCUT2D eigenvalue weighted by Gasteiger charge is 2.52. The second kappa shape index (κ2) is 42.9. The standard InChI is InChI=1S/C18H22F4N2O.C18H23F3N2O2.C17H19F5N2O2.C17H20F4N2O2.C17H21F3N2O.C15H14F3N3O/c1-11(2)24-9-14-13(16(24)25)6-12(7-15(14)18(20,21)22)8-23-5-4-17(3,19)10-23;1-10(2)23-9-15-14(17(23)25)6-12(7-16(15)18(19,20)21)11(3)22-5-4-13(24)8-22;1-9(2)24-6-12-11(15(24)26)3-10(4-13(12)17(20,21)22)5-23-7-14(25)16(18,19)8-23;1-9(2)23-6-12-11(16(23)25)3-10(4-13(12)17(19,20)21)5-22-7-14(18)15(24)8-22;1-10(2)22-9-14-13(16(22)23)6-12(7-15(14)17(18,19)20)11-4-3-5-21-8-11;1-9(2)20-8-12-11(14(20)22)6-10(21-5-3-4-19-21)7-13(12)15(16,17)18/h6-7,11H,4-5,8-10H2,1-3H3;6-7,10-11,13,24H,4-5,8-9H2,1-3H3;3-4,9,14,25H,5-8H2,1-2H3;3-4,9,14-15,24H,5-8H2,1-2H3;6-7,10-11,21H,3-5,8-9H2,1-2H3;3-7,9H,8H2,1-2H3. The molecule has 0 radical (unpaired) electrons. The van der Waals surface area contributed by atoms with E-state index < -0.39 is 125 Å². The SMILES string of the molecule is CC(C)N1Cc2c(cc(-n3cccn3)cc2C(F)(F)F)C1=O.CC(C)N1Cc2c(cc(C3CCCNC3)cc2C(F)(F)F)C1=O.CC(C)N1Cc2c(cc(CN3CC(O)C(F)(F)C3)cc2C(F)(F)F)C1=O.CC(C)N1Cc2c(cc(CN3CC(O)C(F)C3)cc2C(F)(F)F)C1=O.CC(C)N1Cc2c(cc(CN3CCC(C)(F)C3)cc2C(F)(F)F)C1=O.CC(c1cc2c(c(C(F)(F)F)c1)CN(C(C)C)C2=O)N1CCC(O)C1. The molecule has 800 valence electrons. The number of nitrogens with zero attached hydrogens (tertiary/aromatic N) is 12. The lowest BCUT2D eigenvalue weighted by Gasteiger charge is -2.25. The Kier molecular flexibility index (Phi) is 33.1. The molecule has 4 N–H and O–H groups in total. The van der Waals surface area contributed by atoms with Gasteiger partial charge in [-0.1, -0.05) is 0 Å². The summed E-state index contributed by atoms with van der Waals surface area (Å²) in [5.41, 5.74) is -2.90. The van der Waals surface area contributed by atoms with Crippen molar-refractivity contribution >= 4 is 35.4 Å². The van der Waals surface area contributed by atoms with Crippen LogP contribution in [0.25, 0.3) is 5.69 Å². The van der Waals surface area contributed by atoms with Gasteiger partial charge >= 0.3 is 37.1 Å². The van der Waals surface area contributed by atoms with Crippen LogP contribution in [0.5, 0.6) is 0 Å². The molecule has 22 nitrogen and oxygen atoms in total. The van der Waals surface area contributed by atoms with Crippen molar-refractivity contribution in [2.24, 2.45) is 0 Å². The van der Waals surface area contributed by atoms with E-state index in [1.807, 2.05) is 25.7 Å². The summed E-state index contributed by atoms with van der Waals surface area (Å²) < 4.78 is 298. The molecule has 0 bridgehead atoms. The molecule has 5 fully saturated rings. The van der Waals surface area contributed by atoms with E-state index in [2.05, 4.69) is 10.4 Å². The molecule has 0 saturated carbocycles. The zero-order chi connectivity index (χ0) is 108. The minimum absolute atomic E-state index is 0.000209. The topological polar surface area (TPSA) is 225 Å². The zero-order valence-corrected chi connectivity index (χ0v) is 82.8. The third kappa shape index (κ3) is 24.8. The van der Waals surface area contributed by atoms with E-state index in [1.165, 1.54) is 82.4 Å². The van der Waals surface area contributed by atoms with Crippen molar-refractivity contribution in [1.29, 1.82) is 0 Å². The molecule has 18 rings (SSSR count). The van der Waals surface area contributed by atoms with E-state index in [0.717, 1.165) is 43.7 Å². The fourth-order valence-corrected chi connectivity index (χ4v) is 20.4. The van der Waals surface area contributed by atoms with Gasteiger partial charge in [0, 0.05) is 199 Å². The van der Waals surface area contributed by atoms with Gasteiger partial charge in [-0.3, -0.25) is 48.4 Å². The fourth-order valence-electron chi connectivity index (χ4n) is 20.4. The molecule has 12 heterocycles. The highest BCUT2D eigenvalue weighted by atomic mass is 19.4. The number of carbonyl (C=O) groups is 6. The highest BCUT2D eigenvalue weighted by Crippen LogP contribution is 2.49. The zero-order valence-electron chi connectivity index (χ0n) is 82.8. The Bertz CT molecular complexity index is 5890. The molecule has 1 aromatic heterocycles. The second-order valence-electron chi connectivity index (χ2n) is 41.1. The number of hydrogen-bond donors (Lipinski definition) is 4. The van der Waals surface area contributed by atoms with Crippen LogP contribution < -0.4 is 5.32 Å². The summed E-state index contributed by atoms with van der Waals surface area (Å²) in [7, 11) is 0. The number of aliphatic hydroxyl groups is 3. The fraction of sp³-hybridized carbons (Fsp3) is 0.559. The number of hydrogen-bond acceptors (Lipinski definition) is 15. The molecule has 7 aromatic rings. The van der Waals surface area contributed by atoms with Gasteiger partial charge in [0.2, 0.25) is 0 Å². The van der Waals surface area contributed by atoms with Gasteiger partial charge in [0.1, 0.15) is 17.9 Å². The highest BCUT2D eigenvalue weighted by molar-refractivity contribution is 6.03. The molecule has 5 saturated heterocycles. The lowest BCUT2D eigenvalue weighted by molar-refractivity contribution is -0.139. The predicted octanol–water partition coefficient (Wildman–Crippen LogP) is 19.5. The van der Waals surface area contributed by atoms with E-state index in [0.29, 0.717) is 61.3 Å². The number of piperidine rings is 1. The maximum absolute atomic E-state index is 14.0. The Balaban J connectivity index is 0.000000147. The Morgan fingerprint density at radius 2 is 0.774 bits per heavy atom. The predicted molar refractivity (Wildman–Crippen MR) is 493 cm³/mol. The smallest absolute Gasteiger partial charge is 0.392 e. The number of amides is 6. The molecule has 7 unspecified atom stereocenters. The second-order valence-corrected chi connectivity index (χ2v) is 41.1. The van der Waals surface area contributed by atoms with Crippen LogP contribution in [0.15, 0.2) is 91.3 Å². The quantitative estimate of drug-likeness (QED) is 0.0660. The van der Waals surface area contributed by atoms with Crippen LogP contribution in [0.3, 0.4) is 0 Å². The minimum Gasteiger partial charge on any atom is -0.392 e. The Morgan fingerprint density at radius 1 is 0.411 bits per heavy atom. The van der Waals surface area contributed by atoms with Gasteiger partial charge < -0.3 is 50.0 Å². The molecule has 146 heavy (non-hydrogen) atoms. The van der Waals surface area contributed by atoms with Crippen molar-refractivity contribution in [2.75, 3.05) is 65.4 Å². The van der Waals surface area contributed by atoms with Crippen LogP contribution in [0.1, 0.15) is 291 Å². The minimum atomic E-state index is -4.65. The average molecular weight is 2090 g/mol. The lowest BCUT2D eigenvalue weighted by atomic mass is 9.87. The van der Waals surface area contributed by atoms with E-state index in [-0.39, 0.29) is 235 Å². The number of rotatable bonds is 16. The van der Waals surface area contributed by atoms with Gasteiger partial charge in [-0.25, -0.2) is 22.2 Å². The normalized spacial score (nSPS) is 22.1. The van der Waals surface area contributed by atoms with Gasteiger partial charge in [0.05, 0.1) is 57.8 Å². The molecule has 7 atom stereocenters. The van der Waals surface area contributed by atoms with Crippen LogP contribution >= 0.6 is 0 Å². The third-order valence-corrected chi connectivity index (χ3v) is 28.3. The Labute approximate surface area is 829 Å². The summed E-state index contributed by atoms with van der Waals surface area (Å²) in [5.74, 6) is -5.53. The number of likely N-dealkylation sites (tertiary alicyclic amines) is 4. The van der Waals surface area contributed by atoms with Crippen LogP contribution in [-0.4, -0.2) is 247 Å². The van der Waals surface area contributed by atoms with Gasteiger partial charge in [0.15, 0.2) is 0 Å². The van der Waals surface area contributed by atoms with Crippen molar-refractivity contribution in [3.63, 3.8) is 0 Å². The first kappa shape index (κ1) is 113. The van der Waals surface area contributed by atoms with Crippen LogP contribution in [-0.2, 0) is 96.0 Å². The first-order valence-corrected chi connectivity index (χ1v) is 48.3. The van der Waals surface area contributed by atoms with Gasteiger partial charge in [-0.2, -0.15) is 84.1 Å². The van der Waals surface area contributed by atoms with Crippen LogP contribution in [0.4, 0.5) is 96.6 Å². The molecule has 0 aliphatic carbocycles. The number of fused-ring (bicyclic) bond motifs is 6. The number of β-amino-alcohol motifs (C(OH)–C–C–N with tert-alkyl or cyclic N) is 3. The molecular weight excluding hydrogens is 1970 g/mol. The van der Waals surface area contributed by atoms with Crippen molar-refractivity contribution in [2.45, 2.75) is 303 Å². The monoisotopic (exact) mass is 2090 g/mol. The number of alkyl halides is 22. The summed E-state index contributed by atoms with van der Waals surface area (Å²) in [6, 6.07) is 15.9. The van der Waals surface area contributed by atoms with E-state index >= 15 is 0 Å². The molecule has 0 spiro atoms. The number of carbonyl (C=O) groups excluding carboxylic acids is 6. The first-order valence-electron chi connectivity index (χ1n) is 48.3. The van der Waals surface area contributed by atoms with Crippen LogP contribution in [0.2, 0.25) is 0 Å². The molecule has 6 aromatic carbocycles. The first-order chi connectivity index (χ1) is 67.6. The van der Waals surface area contributed by atoms with E-state index in [4.69, 9.17) is 0 Å². The van der Waals surface area contributed by atoms with Gasteiger partial charge in [0.25, 0.3) is 41.4 Å². The largest absolute Gasteiger partial charge is 0.416 e. The van der Waals surface area contributed by atoms with E-state index in [9.17, 15) is 141 Å². The molecule has 11 aliphatic heterocycles. The number of aromatic nitrogens is 2. The maximum Gasteiger partial charge on any atom is 0.416 e. The lowest BCUT2D eigenvalue weighted by Crippen LogP contribution is -2.31. The Hall–Kier alpha value is -10.5. The summed E-state index contributed by atoms with van der Waals surface area (Å²) in [6.07, 6.45) is -26.2. The average Bonchev–Trinajstić information content (AvgIpc) is 1.63. The van der Waals surface area contributed by atoms with Gasteiger partial charge in [-0.05, 0) is 275 Å². The molecular formula is C102H119F22N13O9. The third-order valence-electron chi connectivity index (χ3n) is 28.3. The summed E-state index contributed by atoms with van der Waals surface area (Å²) >= 11 is 0. The van der Waals surface area contributed by atoms with Crippen molar-refractivity contribution in [3.8, 4) is 5.69 Å².